The first-order chi connectivity index (χ1) is 12.1. The van der Waals surface area contributed by atoms with E-state index in [1.807, 2.05) is 38.4 Å². The molecule has 0 spiro atoms. The normalized spacial score (nSPS) is 14.4. The van der Waals surface area contributed by atoms with Crippen LogP contribution in [0.4, 0.5) is 5.95 Å². The van der Waals surface area contributed by atoms with Gasteiger partial charge in [-0.1, -0.05) is 18.2 Å². The summed E-state index contributed by atoms with van der Waals surface area (Å²) in [6, 6.07) is 8.08. The van der Waals surface area contributed by atoms with Gasteiger partial charge in [-0.2, -0.15) is 5.10 Å². The van der Waals surface area contributed by atoms with Crippen LogP contribution in [0.2, 0.25) is 0 Å². The van der Waals surface area contributed by atoms with E-state index in [4.69, 9.17) is 9.72 Å². The lowest BCUT2D eigenvalue weighted by atomic mass is 10.1. The summed E-state index contributed by atoms with van der Waals surface area (Å²) < 4.78 is 7.78. The number of rotatable bonds is 4. The molecular formula is C18H20N6O. The first-order valence-electron chi connectivity index (χ1n) is 8.27. The minimum Gasteiger partial charge on any atom is -0.486 e. The SMILES string of the molecule is Cc1ccccc1OC1CN(c2ncc(C)c(-c3ncnn3C)n2)C1. The van der Waals surface area contributed by atoms with Gasteiger partial charge in [0.15, 0.2) is 5.82 Å². The Morgan fingerprint density at radius 1 is 1.08 bits per heavy atom. The van der Waals surface area contributed by atoms with Crippen molar-refractivity contribution in [1.82, 2.24) is 24.7 Å². The van der Waals surface area contributed by atoms with Gasteiger partial charge in [0, 0.05) is 13.2 Å². The van der Waals surface area contributed by atoms with E-state index in [0.717, 1.165) is 41.5 Å². The maximum absolute atomic E-state index is 6.05. The Bertz CT molecular complexity index is 900. The molecule has 0 saturated carbocycles. The van der Waals surface area contributed by atoms with Crippen molar-refractivity contribution in [3.63, 3.8) is 0 Å². The Kier molecular flexibility index (Phi) is 3.83. The molecule has 1 aliphatic heterocycles. The average Bonchev–Trinajstić information content (AvgIpc) is 2.99. The zero-order valence-corrected chi connectivity index (χ0v) is 14.5. The summed E-state index contributed by atoms with van der Waals surface area (Å²) in [4.78, 5) is 15.6. The van der Waals surface area contributed by atoms with Crippen molar-refractivity contribution < 1.29 is 4.74 Å². The second kappa shape index (κ2) is 6.16. The third-order valence-electron chi connectivity index (χ3n) is 4.40. The van der Waals surface area contributed by atoms with Gasteiger partial charge < -0.3 is 9.64 Å². The lowest BCUT2D eigenvalue weighted by Gasteiger charge is -2.39. The molecule has 7 heteroatoms. The van der Waals surface area contributed by atoms with E-state index >= 15 is 0 Å². The van der Waals surface area contributed by atoms with Gasteiger partial charge in [0.1, 0.15) is 23.9 Å². The fraction of sp³-hybridized carbons (Fsp3) is 0.333. The summed E-state index contributed by atoms with van der Waals surface area (Å²) in [5.74, 6) is 2.39. The van der Waals surface area contributed by atoms with Crippen molar-refractivity contribution in [1.29, 1.82) is 0 Å². The second-order valence-corrected chi connectivity index (χ2v) is 6.32. The molecule has 0 N–H and O–H groups in total. The van der Waals surface area contributed by atoms with Crippen molar-refractivity contribution in [2.24, 2.45) is 7.05 Å². The molecule has 1 aromatic carbocycles. The highest BCUT2D eigenvalue weighted by molar-refractivity contribution is 5.56. The van der Waals surface area contributed by atoms with Gasteiger partial charge in [-0.3, -0.25) is 0 Å². The monoisotopic (exact) mass is 336 g/mol. The minimum absolute atomic E-state index is 0.157. The van der Waals surface area contributed by atoms with E-state index in [-0.39, 0.29) is 6.10 Å². The molecule has 1 aliphatic rings. The summed E-state index contributed by atoms with van der Waals surface area (Å²) in [7, 11) is 1.86. The van der Waals surface area contributed by atoms with Crippen LogP contribution in [0.15, 0.2) is 36.8 Å². The van der Waals surface area contributed by atoms with E-state index < -0.39 is 0 Å². The van der Waals surface area contributed by atoms with Crippen LogP contribution >= 0.6 is 0 Å². The van der Waals surface area contributed by atoms with Gasteiger partial charge in [-0.15, -0.1) is 0 Å². The van der Waals surface area contributed by atoms with E-state index in [1.54, 1.807) is 4.68 Å². The molecule has 7 nitrogen and oxygen atoms in total. The first kappa shape index (κ1) is 15.6. The molecule has 1 saturated heterocycles. The lowest BCUT2D eigenvalue weighted by Crippen LogP contribution is -2.54. The molecule has 4 rings (SSSR count). The molecular weight excluding hydrogens is 316 g/mol. The number of hydrogen-bond acceptors (Lipinski definition) is 6. The topological polar surface area (TPSA) is 69.0 Å². The van der Waals surface area contributed by atoms with Crippen LogP contribution < -0.4 is 9.64 Å². The average molecular weight is 336 g/mol. The number of aromatic nitrogens is 5. The predicted molar refractivity (Wildman–Crippen MR) is 94.6 cm³/mol. The summed E-state index contributed by atoms with van der Waals surface area (Å²) in [5.41, 5.74) is 2.94. The fourth-order valence-electron chi connectivity index (χ4n) is 2.87. The lowest BCUT2D eigenvalue weighted by molar-refractivity contribution is 0.165. The maximum atomic E-state index is 6.05. The molecule has 1 fully saturated rings. The van der Waals surface area contributed by atoms with Crippen molar-refractivity contribution in [3.05, 3.63) is 47.9 Å². The molecule has 3 heterocycles. The molecule has 128 valence electrons. The van der Waals surface area contributed by atoms with Crippen molar-refractivity contribution in [2.45, 2.75) is 20.0 Å². The Labute approximate surface area is 146 Å². The highest BCUT2D eigenvalue weighted by Gasteiger charge is 2.31. The second-order valence-electron chi connectivity index (χ2n) is 6.32. The highest BCUT2D eigenvalue weighted by Crippen LogP contribution is 2.26. The third kappa shape index (κ3) is 2.93. The summed E-state index contributed by atoms with van der Waals surface area (Å²) in [5, 5.41) is 4.12. The molecule has 0 bridgehead atoms. The maximum Gasteiger partial charge on any atom is 0.226 e. The largest absolute Gasteiger partial charge is 0.486 e. The number of benzene rings is 1. The molecule has 0 unspecified atom stereocenters. The number of para-hydroxylation sites is 1. The van der Waals surface area contributed by atoms with Crippen LogP contribution in [-0.4, -0.2) is 43.9 Å². The van der Waals surface area contributed by atoms with E-state index in [9.17, 15) is 0 Å². The molecule has 0 radical (unpaired) electrons. The zero-order chi connectivity index (χ0) is 17.4. The standard InChI is InChI=1S/C18H20N6O/c1-12-6-4-5-7-15(12)25-14-9-24(10-14)18-19-8-13(2)16(22-18)17-20-11-21-23(17)3/h4-8,11,14H,9-10H2,1-3H3. The first-order valence-corrected chi connectivity index (χ1v) is 8.27. The van der Waals surface area contributed by atoms with Crippen LogP contribution in [0.3, 0.4) is 0 Å². The number of anilines is 1. The molecule has 25 heavy (non-hydrogen) atoms. The van der Waals surface area contributed by atoms with Crippen molar-refractivity contribution in [2.75, 3.05) is 18.0 Å². The minimum atomic E-state index is 0.157. The van der Waals surface area contributed by atoms with Crippen LogP contribution in [0.25, 0.3) is 11.5 Å². The van der Waals surface area contributed by atoms with Crippen LogP contribution in [0.1, 0.15) is 11.1 Å². The van der Waals surface area contributed by atoms with Gasteiger partial charge >= 0.3 is 0 Å². The van der Waals surface area contributed by atoms with Crippen LogP contribution in [-0.2, 0) is 7.05 Å². The summed E-state index contributed by atoms with van der Waals surface area (Å²) in [6.07, 6.45) is 3.53. The molecule has 0 amide bonds. The van der Waals surface area contributed by atoms with Gasteiger partial charge in [-0.05, 0) is 31.0 Å². The van der Waals surface area contributed by atoms with Gasteiger partial charge in [0.25, 0.3) is 0 Å². The van der Waals surface area contributed by atoms with Crippen LogP contribution in [0, 0.1) is 13.8 Å². The van der Waals surface area contributed by atoms with E-state index in [1.165, 1.54) is 6.33 Å². The summed E-state index contributed by atoms with van der Waals surface area (Å²) in [6.45, 7) is 5.58. The molecule has 0 atom stereocenters. The fourth-order valence-corrected chi connectivity index (χ4v) is 2.87. The third-order valence-corrected chi connectivity index (χ3v) is 4.40. The Balaban J connectivity index is 1.48. The van der Waals surface area contributed by atoms with E-state index in [2.05, 4.69) is 33.0 Å². The van der Waals surface area contributed by atoms with E-state index in [0.29, 0.717) is 5.95 Å². The number of hydrogen-bond donors (Lipinski definition) is 0. The molecule has 2 aromatic heterocycles. The number of nitrogens with zero attached hydrogens (tertiary/aromatic N) is 6. The molecule has 0 aliphatic carbocycles. The quantitative estimate of drug-likeness (QED) is 0.727. The van der Waals surface area contributed by atoms with Gasteiger partial charge in [0.05, 0.1) is 13.1 Å². The highest BCUT2D eigenvalue weighted by atomic mass is 16.5. The Morgan fingerprint density at radius 2 is 1.88 bits per heavy atom. The van der Waals surface area contributed by atoms with Gasteiger partial charge in [-0.25, -0.2) is 19.6 Å². The Morgan fingerprint density at radius 3 is 2.60 bits per heavy atom. The zero-order valence-electron chi connectivity index (χ0n) is 14.5. The van der Waals surface area contributed by atoms with Crippen molar-refractivity contribution >= 4 is 5.95 Å². The predicted octanol–water partition coefficient (Wildman–Crippen LogP) is 2.16. The van der Waals surface area contributed by atoms with Crippen molar-refractivity contribution in [3.8, 4) is 17.3 Å². The molecule has 3 aromatic rings. The van der Waals surface area contributed by atoms with Gasteiger partial charge in [0.2, 0.25) is 5.95 Å². The Hall–Kier alpha value is -2.96. The summed E-state index contributed by atoms with van der Waals surface area (Å²) >= 11 is 0. The number of aryl methyl sites for hydroxylation is 3. The van der Waals surface area contributed by atoms with Crippen LogP contribution in [0.5, 0.6) is 5.75 Å². The number of ether oxygens (including phenoxy) is 1. The smallest absolute Gasteiger partial charge is 0.226 e.